The molecule has 1 N–H and O–H groups in total. The molecular formula is C11H6ClF2NO3. The van der Waals surface area contributed by atoms with Crippen LogP contribution >= 0.6 is 11.6 Å². The lowest BCUT2D eigenvalue weighted by atomic mass is 10.0. The standard InChI is InChI=1S/C11H6ClF2NO3/c12-5-1-2-8(16)6(3-5)10(17)7-4-18-15-9(7)11(13)14/h1-4,11,16H. The van der Waals surface area contributed by atoms with E-state index in [2.05, 4.69) is 9.68 Å². The van der Waals surface area contributed by atoms with E-state index in [1.165, 1.54) is 18.2 Å². The molecule has 0 saturated heterocycles. The number of hydrogen-bond acceptors (Lipinski definition) is 4. The second-order valence-electron chi connectivity index (χ2n) is 3.40. The summed E-state index contributed by atoms with van der Waals surface area (Å²) in [7, 11) is 0. The van der Waals surface area contributed by atoms with Gasteiger partial charge in [-0.15, -0.1) is 0 Å². The van der Waals surface area contributed by atoms with E-state index in [1.54, 1.807) is 0 Å². The molecule has 0 atom stereocenters. The van der Waals surface area contributed by atoms with Gasteiger partial charge in [-0.2, -0.15) is 0 Å². The van der Waals surface area contributed by atoms with Gasteiger partial charge in [0.15, 0.2) is 5.69 Å². The number of phenolic OH excluding ortho intramolecular Hbond substituents is 1. The number of halogens is 3. The van der Waals surface area contributed by atoms with Crippen molar-refractivity contribution in [3.8, 4) is 5.75 Å². The Morgan fingerprint density at radius 3 is 2.78 bits per heavy atom. The van der Waals surface area contributed by atoms with Crippen LogP contribution in [0.2, 0.25) is 5.02 Å². The number of phenols is 1. The zero-order chi connectivity index (χ0) is 13.3. The van der Waals surface area contributed by atoms with Crippen molar-refractivity contribution < 1.29 is 23.2 Å². The Kier molecular flexibility index (Phi) is 3.29. The molecule has 0 aliphatic heterocycles. The van der Waals surface area contributed by atoms with Crippen LogP contribution in [0.1, 0.15) is 28.0 Å². The lowest BCUT2D eigenvalue weighted by Gasteiger charge is -2.03. The second kappa shape index (κ2) is 4.73. The second-order valence-corrected chi connectivity index (χ2v) is 3.84. The number of aromatic hydroxyl groups is 1. The van der Waals surface area contributed by atoms with Crippen LogP contribution in [0.3, 0.4) is 0 Å². The molecule has 1 aromatic heterocycles. The van der Waals surface area contributed by atoms with Gasteiger partial charge >= 0.3 is 0 Å². The summed E-state index contributed by atoms with van der Waals surface area (Å²) in [5.41, 5.74) is -1.35. The molecule has 0 spiro atoms. The maximum atomic E-state index is 12.6. The molecule has 7 heteroatoms. The molecule has 1 aromatic carbocycles. The molecule has 2 aromatic rings. The van der Waals surface area contributed by atoms with Gasteiger partial charge < -0.3 is 9.63 Å². The first-order chi connectivity index (χ1) is 8.50. The Morgan fingerprint density at radius 1 is 1.39 bits per heavy atom. The SMILES string of the molecule is O=C(c1cc(Cl)ccc1O)c1conc1C(F)F. The van der Waals surface area contributed by atoms with Crippen LogP contribution in [0.4, 0.5) is 8.78 Å². The van der Waals surface area contributed by atoms with Crippen molar-refractivity contribution in [3.63, 3.8) is 0 Å². The molecule has 0 fully saturated rings. The summed E-state index contributed by atoms with van der Waals surface area (Å²) in [6.45, 7) is 0. The van der Waals surface area contributed by atoms with Crippen LogP contribution in [0.25, 0.3) is 0 Å². The third kappa shape index (κ3) is 2.19. The smallest absolute Gasteiger partial charge is 0.284 e. The minimum atomic E-state index is -2.94. The van der Waals surface area contributed by atoms with Gasteiger partial charge in [0.2, 0.25) is 5.78 Å². The summed E-state index contributed by atoms with van der Waals surface area (Å²) in [6, 6.07) is 3.75. The summed E-state index contributed by atoms with van der Waals surface area (Å²) in [4.78, 5) is 12.0. The zero-order valence-electron chi connectivity index (χ0n) is 8.73. The van der Waals surface area contributed by atoms with Crippen molar-refractivity contribution in [2.45, 2.75) is 6.43 Å². The minimum absolute atomic E-state index is 0.187. The molecule has 2 rings (SSSR count). The molecule has 0 amide bonds. The van der Waals surface area contributed by atoms with Gasteiger partial charge in [-0.1, -0.05) is 16.8 Å². The van der Waals surface area contributed by atoms with Crippen LogP contribution in [0.15, 0.2) is 29.0 Å². The van der Waals surface area contributed by atoms with Gasteiger partial charge in [-0.3, -0.25) is 4.79 Å². The number of hydrogen-bond donors (Lipinski definition) is 1. The van der Waals surface area contributed by atoms with E-state index >= 15 is 0 Å². The van der Waals surface area contributed by atoms with Gasteiger partial charge in [-0.25, -0.2) is 8.78 Å². The van der Waals surface area contributed by atoms with Gasteiger partial charge in [0.25, 0.3) is 6.43 Å². The van der Waals surface area contributed by atoms with Crippen molar-refractivity contribution in [2.75, 3.05) is 0 Å². The van der Waals surface area contributed by atoms with Crippen molar-refractivity contribution in [1.82, 2.24) is 5.16 Å². The Labute approximate surface area is 105 Å². The van der Waals surface area contributed by atoms with E-state index in [9.17, 15) is 18.7 Å². The summed E-state index contributed by atoms with van der Waals surface area (Å²) in [6.07, 6.45) is -2.13. The maximum Gasteiger partial charge on any atom is 0.284 e. The van der Waals surface area contributed by atoms with E-state index in [0.29, 0.717) is 0 Å². The van der Waals surface area contributed by atoms with Crippen LogP contribution in [-0.2, 0) is 0 Å². The Balaban J connectivity index is 2.48. The van der Waals surface area contributed by atoms with Crippen molar-refractivity contribution in [3.05, 3.63) is 46.3 Å². The molecule has 4 nitrogen and oxygen atoms in total. The molecule has 0 bridgehead atoms. The molecule has 0 aliphatic rings. The van der Waals surface area contributed by atoms with Crippen LogP contribution < -0.4 is 0 Å². The molecule has 0 aliphatic carbocycles. The van der Waals surface area contributed by atoms with Crippen molar-refractivity contribution in [1.29, 1.82) is 0 Å². The molecule has 0 unspecified atom stereocenters. The van der Waals surface area contributed by atoms with Crippen LogP contribution in [0.5, 0.6) is 5.75 Å². The minimum Gasteiger partial charge on any atom is -0.507 e. The number of ketones is 1. The highest BCUT2D eigenvalue weighted by atomic mass is 35.5. The van der Waals surface area contributed by atoms with Gasteiger partial charge in [-0.05, 0) is 18.2 Å². The van der Waals surface area contributed by atoms with E-state index in [1.807, 2.05) is 0 Å². The van der Waals surface area contributed by atoms with E-state index in [-0.39, 0.29) is 16.3 Å². The number of rotatable bonds is 3. The largest absolute Gasteiger partial charge is 0.507 e. The van der Waals surface area contributed by atoms with Crippen molar-refractivity contribution in [2.24, 2.45) is 0 Å². The summed E-state index contributed by atoms with van der Waals surface area (Å²) >= 11 is 5.67. The van der Waals surface area contributed by atoms with E-state index in [4.69, 9.17) is 11.6 Å². The highest BCUT2D eigenvalue weighted by molar-refractivity contribution is 6.31. The monoisotopic (exact) mass is 273 g/mol. The molecule has 1 heterocycles. The first kappa shape index (κ1) is 12.5. The topological polar surface area (TPSA) is 63.3 Å². The first-order valence-electron chi connectivity index (χ1n) is 4.76. The Bertz CT molecular complexity index is 598. The Hall–Kier alpha value is -1.95. The highest BCUT2D eigenvalue weighted by Crippen LogP contribution is 2.28. The molecule has 0 radical (unpaired) electrons. The number of nitrogens with zero attached hydrogens (tertiary/aromatic N) is 1. The van der Waals surface area contributed by atoms with E-state index in [0.717, 1.165) is 6.26 Å². The third-order valence-electron chi connectivity index (χ3n) is 2.25. The maximum absolute atomic E-state index is 12.6. The number of carbonyl (C=O) groups is 1. The highest BCUT2D eigenvalue weighted by Gasteiger charge is 2.25. The lowest BCUT2D eigenvalue weighted by molar-refractivity contribution is 0.102. The number of carbonyl (C=O) groups excluding carboxylic acids is 1. The normalized spacial score (nSPS) is 10.9. The average molecular weight is 274 g/mol. The third-order valence-corrected chi connectivity index (χ3v) is 2.49. The van der Waals surface area contributed by atoms with Gasteiger partial charge in [0.1, 0.15) is 12.0 Å². The zero-order valence-corrected chi connectivity index (χ0v) is 9.49. The summed E-state index contributed by atoms with van der Waals surface area (Å²) < 4.78 is 29.5. The first-order valence-corrected chi connectivity index (χ1v) is 5.14. The predicted octanol–water partition coefficient (Wildman–Crippen LogP) is 3.20. The predicted molar refractivity (Wildman–Crippen MR) is 58.0 cm³/mol. The fourth-order valence-electron chi connectivity index (χ4n) is 1.41. The fraction of sp³-hybridized carbons (Fsp3) is 0.0909. The Morgan fingerprint density at radius 2 is 2.11 bits per heavy atom. The quantitative estimate of drug-likeness (QED) is 0.872. The molecule has 18 heavy (non-hydrogen) atoms. The van der Waals surface area contributed by atoms with E-state index < -0.39 is 23.5 Å². The molecular weight excluding hydrogens is 268 g/mol. The molecule has 94 valence electrons. The summed E-state index contributed by atoms with van der Waals surface area (Å²) in [5, 5.41) is 12.8. The van der Waals surface area contributed by atoms with Crippen molar-refractivity contribution >= 4 is 17.4 Å². The number of benzene rings is 1. The molecule has 0 saturated carbocycles. The van der Waals surface area contributed by atoms with Crippen LogP contribution in [0, 0.1) is 0 Å². The fourth-order valence-corrected chi connectivity index (χ4v) is 1.58. The van der Waals surface area contributed by atoms with Gasteiger partial charge in [0, 0.05) is 5.02 Å². The summed E-state index contributed by atoms with van der Waals surface area (Å²) in [5.74, 6) is -1.18. The number of alkyl halides is 2. The number of aromatic nitrogens is 1. The average Bonchev–Trinajstić information content (AvgIpc) is 2.80. The van der Waals surface area contributed by atoms with Gasteiger partial charge in [0.05, 0.1) is 11.1 Å². The lowest BCUT2D eigenvalue weighted by Crippen LogP contribution is -2.04. The van der Waals surface area contributed by atoms with Crippen LogP contribution in [-0.4, -0.2) is 16.0 Å².